The molecule has 6 heteroatoms. The van der Waals surface area contributed by atoms with Crippen molar-refractivity contribution < 1.29 is 13.2 Å². The summed E-state index contributed by atoms with van der Waals surface area (Å²) in [5, 5.41) is 0. The summed E-state index contributed by atoms with van der Waals surface area (Å²) in [5.74, 6) is -0.488. The molecule has 1 aliphatic rings. The van der Waals surface area contributed by atoms with Crippen molar-refractivity contribution in [2.75, 3.05) is 0 Å². The normalized spacial score (nSPS) is 19.0. The van der Waals surface area contributed by atoms with Crippen molar-refractivity contribution in [1.29, 1.82) is 0 Å². The molecule has 1 fully saturated rings. The van der Waals surface area contributed by atoms with Gasteiger partial charge in [-0.25, -0.2) is 4.31 Å². The Morgan fingerprint density at radius 1 is 0.846 bits per heavy atom. The minimum atomic E-state index is -3.98. The maximum atomic E-state index is 13.5. The Hall–Kier alpha value is -2.18. The standard InChI is InChI=1S/C20H24N2O3S/c1-14-6-10-16(11-7-14)20(17-12-8-15(2)9-13-17)18(23)22(19(3,4)5)26(24,25)21-20/h6-13,21H,1-5H3. The Morgan fingerprint density at radius 3 is 1.54 bits per heavy atom. The van der Waals surface area contributed by atoms with Gasteiger partial charge in [-0.05, 0) is 45.7 Å². The molecule has 1 saturated heterocycles. The molecule has 3 rings (SSSR count). The van der Waals surface area contributed by atoms with Crippen molar-refractivity contribution in [2.24, 2.45) is 0 Å². The Bertz CT molecular complexity index is 895. The zero-order valence-corrected chi connectivity index (χ0v) is 16.5. The fourth-order valence-corrected chi connectivity index (χ4v) is 5.23. The lowest BCUT2D eigenvalue weighted by atomic mass is 9.81. The molecule has 0 aromatic heterocycles. The van der Waals surface area contributed by atoms with Crippen LogP contribution in [0.25, 0.3) is 0 Å². The quantitative estimate of drug-likeness (QED) is 0.881. The van der Waals surface area contributed by atoms with Gasteiger partial charge in [0.1, 0.15) is 0 Å². The summed E-state index contributed by atoms with van der Waals surface area (Å²) in [4.78, 5) is 13.5. The molecule has 0 aliphatic carbocycles. The van der Waals surface area contributed by atoms with Gasteiger partial charge in [-0.3, -0.25) is 4.79 Å². The van der Waals surface area contributed by atoms with E-state index >= 15 is 0 Å². The summed E-state index contributed by atoms with van der Waals surface area (Å²) < 4.78 is 29.4. The Kier molecular flexibility index (Phi) is 4.24. The highest BCUT2D eigenvalue weighted by Gasteiger charge is 2.59. The highest BCUT2D eigenvalue weighted by atomic mass is 32.2. The summed E-state index contributed by atoms with van der Waals surface area (Å²) in [7, 11) is -3.98. The van der Waals surface area contributed by atoms with Gasteiger partial charge in [-0.1, -0.05) is 59.7 Å². The number of hydrogen-bond donors (Lipinski definition) is 1. The first-order chi connectivity index (χ1) is 12.0. The topological polar surface area (TPSA) is 66.5 Å². The zero-order chi connectivity index (χ0) is 19.3. The predicted molar refractivity (Wildman–Crippen MR) is 102 cm³/mol. The van der Waals surface area contributed by atoms with Crippen molar-refractivity contribution in [3.05, 3.63) is 70.8 Å². The van der Waals surface area contributed by atoms with E-state index in [0.717, 1.165) is 15.4 Å². The van der Waals surface area contributed by atoms with E-state index in [9.17, 15) is 13.2 Å². The Labute approximate surface area is 155 Å². The number of carbonyl (C=O) groups excluding carboxylic acids is 1. The van der Waals surface area contributed by atoms with E-state index in [1.54, 1.807) is 20.8 Å². The molecule has 0 radical (unpaired) electrons. The second-order valence-corrected chi connectivity index (χ2v) is 9.35. The molecule has 0 unspecified atom stereocenters. The van der Waals surface area contributed by atoms with Crippen LogP contribution in [-0.2, 0) is 20.5 Å². The van der Waals surface area contributed by atoms with Crippen LogP contribution in [-0.4, -0.2) is 24.2 Å². The van der Waals surface area contributed by atoms with Gasteiger partial charge >= 0.3 is 10.2 Å². The number of nitrogens with one attached hydrogen (secondary N) is 1. The van der Waals surface area contributed by atoms with Crippen molar-refractivity contribution in [2.45, 2.75) is 45.7 Å². The van der Waals surface area contributed by atoms with Crippen molar-refractivity contribution in [3.8, 4) is 0 Å². The molecule has 1 heterocycles. The lowest BCUT2D eigenvalue weighted by molar-refractivity contribution is -0.132. The van der Waals surface area contributed by atoms with Crippen LogP contribution in [0.1, 0.15) is 43.0 Å². The van der Waals surface area contributed by atoms with Gasteiger partial charge < -0.3 is 0 Å². The average molecular weight is 372 g/mol. The SMILES string of the molecule is Cc1ccc(C2(c3ccc(C)cc3)NS(=O)(=O)N(C(C)(C)C)C2=O)cc1. The molecule has 0 saturated carbocycles. The van der Waals surface area contributed by atoms with E-state index in [-0.39, 0.29) is 0 Å². The van der Waals surface area contributed by atoms with Crippen LogP contribution >= 0.6 is 0 Å². The number of rotatable bonds is 2. The van der Waals surface area contributed by atoms with Gasteiger partial charge in [0.05, 0.1) is 5.54 Å². The van der Waals surface area contributed by atoms with Crippen LogP contribution in [0.3, 0.4) is 0 Å². The molecular formula is C20H24N2O3S. The van der Waals surface area contributed by atoms with Gasteiger partial charge in [0.2, 0.25) is 0 Å². The number of hydrogen-bond acceptors (Lipinski definition) is 3. The van der Waals surface area contributed by atoms with E-state index < -0.39 is 27.2 Å². The number of aryl methyl sites for hydroxylation is 2. The largest absolute Gasteiger partial charge is 0.305 e. The number of carbonyl (C=O) groups is 1. The first kappa shape index (κ1) is 18.6. The van der Waals surface area contributed by atoms with Crippen molar-refractivity contribution in [3.63, 3.8) is 0 Å². The molecule has 26 heavy (non-hydrogen) atoms. The third kappa shape index (κ3) is 2.83. The highest BCUT2D eigenvalue weighted by molar-refractivity contribution is 7.88. The van der Waals surface area contributed by atoms with Crippen molar-refractivity contribution >= 4 is 16.1 Å². The lowest BCUT2D eigenvalue weighted by Gasteiger charge is -2.31. The molecule has 2 aromatic carbocycles. The summed E-state index contributed by atoms with van der Waals surface area (Å²) in [6, 6.07) is 14.8. The molecule has 1 aliphatic heterocycles. The minimum Gasteiger partial charge on any atom is -0.271 e. The maximum absolute atomic E-state index is 13.5. The van der Waals surface area contributed by atoms with Gasteiger partial charge in [-0.2, -0.15) is 13.1 Å². The second-order valence-electron chi connectivity index (χ2n) is 7.83. The summed E-state index contributed by atoms with van der Waals surface area (Å²) >= 11 is 0. The van der Waals surface area contributed by atoms with E-state index in [1.807, 2.05) is 62.4 Å². The second kappa shape index (κ2) is 5.93. The molecule has 0 bridgehead atoms. The van der Waals surface area contributed by atoms with Crippen LogP contribution in [0.4, 0.5) is 0 Å². The van der Waals surface area contributed by atoms with E-state index in [2.05, 4.69) is 4.72 Å². The highest BCUT2D eigenvalue weighted by Crippen LogP contribution is 2.41. The van der Waals surface area contributed by atoms with Crippen LogP contribution in [0.5, 0.6) is 0 Å². The van der Waals surface area contributed by atoms with Gasteiger partial charge in [-0.15, -0.1) is 0 Å². The van der Waals surface area contributed by atoms with E-state index in [4.69, 9.17) is 0 Å². The smallest absolute Gasteiger partial charge is 0.271 e. The van der Waals surface area contributed by atoms with Gasteiger partial charge in [0, 0.05) is 0 Å². The minimum absolute atomic E-state index is 0.488. The van der Waals surface area contributed by atoms with Crippen molar-refractivity contribution in [1.82, 2.24) is 9.03 Å². The Morgan fingerprint density at radius 2 is 1.23 bits per heavy atom. The Balaban J connectivity index is 2.31. The van der Waals surface area contributed by atoms with E-state index in [0.29, 0.717) is 11.1 Å². The summed E-state index contributed by atoms with van der Waals surface area (Å²) in [6.45, 7) is 9.04. The van der Waals surface area contributed by atoms with Gasteiger partial charge in [0.25, 0.3) is 5.91 Å². The predicted octanol–water partition coefficient (Wildman–Crippen LogP) is 3.02. The van der Waals surface area contributed by atoms with Crippen LogP contribution < -0.4 is 4.72 Å². The third-order valence-corrected chi connectivity index (χ3v) is 6.36. The van der Waals surface area contributed by atoms with Gasteiger partial charge in [0.15, 0.2) is 5.54 Å². The lowest BCUT2D eigenvalue weighted by Crippen LogP contribution is -2.48. The number of amides is 1. The fraction of sp³-hybridized carbons (Fsp3) is 0.350. The maximum Gasteiger partial charge on any atom is 0.305 e. The van der Waals surface area contributed by atoms with Crippen LogP contribution in [0.2, 0.25) is 0 Å². The molecule has 0 spiro atoms. The molecule has 1 N–H and O–H groups in total. The molecular weight excluding hydrogens is 348 g/mol. The fourth-order valence-electron chi connectivity index (χ4n) is 3.35. The molecule has 5 nitrogen and oxygen atoms in total. The first-order valence-corrected chi connectivity index (χ1v) is 9.95. The number of benzene rings is 2. The molecule has 0 atom stereocenters. The van der Waals surface area contributed by atoms with E-state index in [1.165, 1.54) is 0 Å². The summed E-state index contributed by atoms with van der Waals surface area (Å²) in [6.07, 6.45) is 0. The first-order valence-electron chi connectivity index (χ1n) is 8.51. The average Bonchev–Trinajstić information content (AvgIpc) is 2.75. The zero-order valence-electron chi connectivity index (χ0n) is 15.7. The van der Waals surface area contributed by atoms with Crippen LogP contribution in [0, 0.1) is 13.8 Å². The van der Waals surface area contributed by atoms with Crippen LogP contribution in [0.15, 0.2) is 48.5 Å². The monoisotopic (exact) mass is 372 g/mol. The molecule has 138 valence electrons. The number of nitrogens with zero attached hydrogens (tertiary/aromatic N) is 1. The summed E-state index contributed by atoms with van der Waals surface area (Å²) in [5.41, 5.74) is 0.940. The third-order valence-electron chi connectivity index (χ3n) is 4.61. The molecule has 2 aromatic rings. The molecule has 1 amide bonds.